The normalized spacial score (nSPS) is 11.8. The number of alkyl halides is 3. The molecule has 8 heteroatoms. The van der Waals surface area contributed by atoms with Crippen molar-refractivity contribution in [3.63, 3.8) is 0 Å². The van der Waals surface area contributed by atoms with Crippen LogP contribution in [0.4, 0.5) is 23.7 Å². The molecule has 0 spiro atoms. The van der Waals surface area contributed by atoms with Gasteiger partial charge < -0.3 is 19.5 Å². The average Bonchev–Trinajstić information content (AvgIpc) is 3.29. The maximum Gasteiger partial charge on any atom is 0.416 e. The van der Waals surface area contributed by atoms with Crippen molar-refractivity contribution in [2.45, 2.75) is 65.2 Å². The largest absolute Gasteiger partial charge is 0.416 e. The van der Waals surface area contributed by atoms with Crippen molar-refractivity contribution in [1.29, 1.82) is 0 Å². The van der Waals surface area contributed by atoms with Crippen molar-refractivity contribution in [3.05, 3.63) is 88.7 Å². The van der Waals surface area contributed by atoms with Crippen LogP contribution in [0.25, 0.3) is 0 Å². The molecule has 1 aromatic heterocycles. The van der Waals surface area contributed by atoms with E-state index in [4.69, 9.17) is 4.74 Å². The number of carbonyl (C=O) groups is 1. The second-order valence-corrected chi connectivity index (χ2v) is 10.1. The van der Waals surface area contributed by atoms with Gasteiger partial charge in [0.15, 0.2) is 0 Å². The number of ether oxygens (including phenoxy) is 1. The van der Waals surface area contributed by atoms with Crippen LogP contribution in [0.2, 0.25) is 0 Å². The number of rotatable bonds is 11. The van der Waals surface area contributed by atoms with E-state index >= 15 is 0 Å². The van der Waals surface area contributed by atoms with Gasteiger partial charge in [-0.2, -0.15) is 13.2 Å². The molecule has 0 radical (unpaired) electrons. The minimum atomic E-state index is -4.40. The van der Waals surface area contributed by atoms with Gasteiger partial charge in [-0.15, -0.1) is 0 Å². The standard InChI is InChI=1S/C30H38F3N3O2/c1-21(2)26-13-7-14-27(22(3)4)28(26)34-29(37)36(16-9-17-38-5)20-25-12-8-15-35(25)19-23-10-6-11-24(18-23)30(31,32)33/h6-8,10-15,18,21-22H,9,16-17,19-20H2,1-5H3,(H,34,37). The number of anilines is 1. The van der Waals surface area contributed by atoms with E-state index < -0.39 is 11.7 Å². The van der Waals surface area contributed by atoms with Gasteiger partial charge in [0.1, 0.15) is 0 Å². The molecule has 0 aliphatic carbocycles. The molecule has 5 nitrogen and oxygen atoms in total. The number of methoxy groups -OCH3 is 1. The minimum absolute atomic E-state index is 0.220. The lowest BCUT2D eigenvalue weighted by molar-refractivity contribution is -0.137. The molecule has 0 unspecified atom stereocenters. The lowest BCUT2D eigenvalue weighted by atomic mass is 9.93. The topological polar surface area (TPSA) is 46.5 Å². The van der Waals surface area contributed by atoms with Crippen molar-refractivity contribution >= 4 is 11.7 Å². The van der Waals surface area contributed by atoms with E-state index in [1.165, 1.54) is 12.1 Å². The predicted molar refractivity (Wildman–Crippen MR) is 146 cm³/mol. The van der Waals surface area contributed by atoms with Crippen molar-refractivity contribution in [3.8, 4) is 0 Å². The summed E-state index contributed by atoms with van der Waals surface area (Å²) in [6.07, 6.45) is -1.92. The van der Waals surface area contributed by atoms with Crippen LogP contribution in [-0.2, 0) is 24.0 Å². The molecule has 2 aromatic carbocycles. The van der Waals surface area contributed by atoms with Crippen molar-refractivity contribution in [2.75, 3.05) is 25.6 Å². The SMILES string of the molecule is COCCCN(Cc1cccn1Cc1cccc(C(F)(F)F)c1)C(=O)Nc1c(C(C)C)cccc1C(C)C. The van der Waals surface area contributed by atoms with Gasteiger partial charge in [0.25, 0.3) is 0 Å². The summed E-state index contributed by atoms with van der Waals surface area (Å²) in [6, 6.07) is 15.0. The molecule has 38 heavy (non-hydrogen) atoms. The molecular weight excluding hydrogens is 491 g/mol. The minimum Gasteiger partial charge on any atom is -0.385 e. The Balaban J connectivity index is 1.86. The maximum absolute atomic E-state index is 13.6. The Kier molecular flexibility index (Phi) is 10.0. The Bertz CT molecular complexity index is 1180. The second-order valence-electron chi connectivity index (χ2n) is 10.1. The van der Waals surface area contributed by atoms with E-state index in [1.54, 1.807) is 18.1 Å². The summed E-state index contributed by atoms with van der Waals surface area (Å²) < 4.78 is 46.7. The summed E-state index contributed by atoms with van der Waals surface area (Å²) in [5.41, 5.74) is 3.70. The highest BCUT2D eigenvalue weighted by Crippen LogP contribution is 2.33. The summed E-state index contributed by atoms with van der Waals surface area (Å²) >= 11 is 0. The Morgan fingerprint density at radius 1 is 1.00 bits per heavy atom. The number of para-hydroxylation sites is 1. The Hall–Kier alpha value is -3.26. The first-order valence-corrected chi connectivity index (χ1v) is 13.0. The highest BCUT2D eigenvalue weighted by Gasteiger charge is 2.30. The molecule has 0 saturated carbocycles. The number of benzene rings is 2. The first-order valence-electron chi connectivity index (χ1n) is 13.0. The fourth-order valence-corrected chi connectivity index (χ4v) is 4.52. The van der Waals surface area contributed by atoms with E-state index in [9.17, 15) is 18.0 Å². The molecule has 3 rings (SSSR count). The molecule has 0 aliphatic heterocycles. The zero-order valence-corrected chi connectivity index (χ0v) is 22.8. The van der Waals surface area contributed by atoms with Gasteiger partial charge >= 0.3 is 12.2 Å². The molecular formula is C30H38F3N3O2. The van der Waals surface area contributed by atoms with Gasteiger partial charge in [0, 0.05) is 44.4 Å². The number of hydrogen-bond acceptors (Lipinski definition) is 2. The van der Waals surface area contributed by atoms with Gasteiger partial charge in [-0.05, 0) is 59.2 Å². The van der Waals surface area contributed by atoms with Crippen molar-refractivity contribution in [2.24, 2.45) is 0 Å². The Morgan fingerprint density at radius 2 is 1.66 bits per heavy atom. The van der Waals surface area contributed by atoms with Crippen LogP contribution in [0.15, 0.2) is 60.8 Å². The van der Waals surface area contributed by atoms with E-state index in [0.717, 1.165) is 28.6 Å². The van der Waals surface area contributed by atoms with Crippen LogP contribution in [-0.4, -0.2) is 35.8 Å². The highest BCUT2D eigenvalue weighted by molar-refractivity contribution is 5.91. The molecule has 1 N–H and O–H groups in total. The summed E-state index contributed by atoms with van der Waals surface area (Å²) in [5.74, 6) is 0.464. The molecule has 0 aliphatic rings. The number of amides is 2. The van der Waals surface area contributed by atoms with Crippen LogP contribution < -0.4 is 5.32 Å². The lowest BCUT2D eigenvalue weighted by Gasteiger charge is -2.27. The third kappa shape index (κ3) is 7.63. The zero-order chi connectivity index (χ0) is 27.9. The van der Waals surface area contributed by atoms with Gasteiger partial charge in [-0.3, -0.25) is 0 Å². The van der Waals surface area contributed by atoms with Crippen molar-refractivity contribution in [1.82, 2.24) is 9.47 Å². The quantitative estimate of drug-likeness (QED) is 0.257. The number of nitrogens with zero attached hydrogens (tertiary/aromatic N) is 2. The molecule has 0 saturated heterocycles. The second kappa shape index (κ2) is 13.0. The zero-order valence-electron chi connectivity index (χ0n) is 22.8. The van der Waals surface area contributed by atoms with E-state index in [2.05, 4.69) is 33.0 Å². The van der Waals surface area contributed by atoms with Crippen molar-refractivity contribution < 1.29 is 22.7 Å². The fraction of sp³-hybridized carbons (Fsp3) is 0.433. The lowest BCUT2D eigenvalue weighted by Crippen LogP contribution is -2.37. The Morgan fingerprint density at radius 3 is 2.26 bits per heavy atom. The predicted octanol–water partition coefficient (Wildman–Crippen LogP) is 7.87. The molecule has 0 fully saturated rings. The summed E-state index contributed by atoms with van der Waals surface area (Å²) in [4.78, 5) is 15.4. The maximum atomic E-state index is 13.6. The van der Waals surface area contributed by atoms with Gasteiger partial charge in [-0.1, -0.05) is 58.0 Å². The molecule has 206 valence electrons. The monoisotopic (exact) mass is 529 g/mol. The first kappa shape index (κ1) is 29.3. The highest BCUT2D eigenvalue weighted by atomic mass is 19.4. The number of carbonyl (C=O) groups excluding carboxylic acids is 1. The van der Waals surface area contributed by atoms with Crippen LogP contribution in [0.1, 0.15) is 73.9 Å². The number of nitrogens with one attached hydrogen (secondary N) is 1. The molecule has 3 aromatic rings. The summed E-state index contributed by atoms with van der Waals surface area (Å²) in [7, 11) is 1.62. The van der Waals surface area contributed by atoms with Crippen LogP contribution >= 0.6 is 0 Å². The molecule has 0 atom stereocenters. The van der Waals surface area contributed by atoms with Crippen LogP contribution in [0.3, 0.4) is 0 Å². The third-order valence-corrected chi connectivity index (χ3v) is 6.55. The number of hydrogen-bond donors (Lipinski definition) is 1. The van der Waals surface area contributed by atoms with Gasteiger partial charge in [0.05, 0.1) is 12.1 Å². The first-order chi connectivity index (χ1) is 18.0. The number of halogens is 3. The van der Waals surface area contributed by atoms with E-state index in [0.29, 0.717) is 31.7 Å². The molecule has 1 heterocycles. The summed E-state index contributed by atoms with van der Waals surface area (Å²) in [6.45, 7) is 9.97. The van der Waals surface area contributed by atoms with Crippen LogP contribution in [0, 0.1) is 0 Å². The van der Waals surface area contributed by atoms with Gasteiger partial charge in [-0.25, -0.2) is 4.79 Å². The molecule has 2 amide bonds. The fourth-order valence-electron chi connectivity index (χ4n) is 4.52. The molecule has 0 bridgehead atoms. The Labute approximate surface area is 223 Å². The summed E-state index contributed by atoms with van der Waals surface area (Å²) in [5, 5.41) is 3.19. The average molecular weight is 530 g/mol. The smallest absolute Gasteiger partial charge is 0.385 e. The number of aromatic nitrogens is 1. The third-order valence-electron chi connectivity index (χ3n) is 6.55. The van der Waals surface area contributed by atoms with E-state index in [-0.39, 0.29) is 24.4 Å². The van der Waals surface area contributed by atoms with Crippen LogP contribution in [0.5, 0.6) is 0 Å². The number of urea groups is 1. The van der Waals surface area contributed by atoms with Gasteiger partial charge in [0.2, 0.25) is 0 Å². The van der Waals surface area contributed by atoms with E-state index in [1.807, 2.05) is 41.1 Å².